The number of carbonyl (C=O) groups excluding carboxylic acids is 1. The number of hydrogen-bond acceptors (Lipinski definition) is 1. The first-order chi connectivity index (χ1) is 9.09. The van der Waals surface area contributed by atoms with Crippen LogP contribution in [0.2, 0.25) is 5.02 Å². The highest BCUT2D eigenvalue weighted by Gasteiger charge is 2.31. The molecular weight excluding hydrogens is 326 g/mol. The van der Waals surface area contributed by atoms with Crippen LogP contribution in [0.25, 0.3) is 5.70 Å². The molecule has 1 heterocycles. The number of hydrogen-bond donors (Lipinski definition) is 0. The molecular formula is C15H9BrClNO. The van der Waals surface area contributed by atoms with Crippen LogP contribution in [0.15, 0.2) is 53.5 Å². The number of carbonyl (C=O) groups is 1. The summed E-state index contributed by atoms with van der Waals surface area (Å²) in [5.74, 6) is -0.0603. The molecule has 0 aliphatic carbocycles. The van der Waals surface area contributed by atoms with Crippen LogP contribution in [0, 0.1) is 0 Å². The largest absolute Gasteiger partial charge is 0.277 e. The molecule has 3 rings (SSSR count). The summed E-state index contributed by atoms with van der Waals surface area (Å²) in [5.41, 5.74) is 2.99. The highest BCUT2D eigenvalue weighted by molar-refractivity contribution is 9.10. The average Bonchev–Trinajstić information content (AvgIpc) is 2.66. The normalized spacial score (nSPS) is 13.9. The molecule has 2 aromatic carbocycles. The molecule has 0 radical (unpaired) electrons. The third-order valence-electron chi connectivity index (χ3n) is 3.10. The average molecular weight is 335 g/mol. The highest BCUT2D eigenvalue weighted by atomic mass is 79.9. The second kappa shape index (κ2) is 4.51. The van der Waals surface area contributed by atoms with Gasteiger partial charge in [-0.3, -0.25) is 9.69 Å². The lowest BCUT2D eigenvalue weighted by molar-refractivity contribution is 0.101. The van der Waals surface area contributed by atoms with E-state index in [1.807, 2.05) is 36.4 Å². The van der Waals surface area contributed by atoms with E-state index in [0.717, 1.165) is 15.7 Å². The second-order valence-electron chi connectivity index (χ2n) is 4.23. The number of nitrogens with zero attached hydrogens (tertiary/aromatic N) is 1. The molecule has 1 amide bonds. The Labute approximate surface area is 124 Å². The Kier molecular flexibility index (Phi) is 2.96. The lowest BCUT2D eigenvalue weighted by Gasteiger charge is -2.18. The molecule has 0 fully saturated rings. The maximum absolute atomic E-state index is 12.4. The van der Waals surface area contributed by atoms with Gasteiger partial charge in [0.1, 0.15) is 0 Å². The van der Waals surface area contributed by atoms with Gasteiger partial charge in [0, 0.05) is 15.6 Å². The van der Waals surface area contributed by atoms with E-state index < -0.39 is 0 Å². The van der Waals surface area contributed by atoms with Crippen LogP contribution in [0.5, 0.6) is 0 Å². The smallest absolute Gasteiger partial charge is 0.263 e. The van der Waals surface area contributed by atoms with Crippen molar-refractivity contribution in [1.82, 2.24) is 0 Å². The van der Waals surface area contributed by atoms with Crippen molar-refractivity contribution in [2.24, 2.45) is 0 Å². The van der Waals surface area contributed by atoms with Crippen molar-refractivity contribution in [1.29, 1.82) is 0 Å². The molecule has 1 aliphatic heterocycles. The highest BCUT2D eigenvalue weighted by Crippen LogP contribution is 2.37. The molecule has 2 aromatic rings. The summed E-state index contributed by atoms with van der Waals surface area (Å²) in [6.07, 6.45) is 0. The first-order valence-corrected chi connectivity index (χ1v) is 6.84. The molecule has 0 bridgehead atoms. The molecule has 0 aromatic heterocycles. The molecule has 19 heavy (non-hydrogen) atoms. The summed E-state index contributed by atoms with van der Waals surface area (Å²) in [4.78, 5) is 14.0. The molecule has 4 heteroatoms. The van der Waals surface area contributed by atoms with Crippen LogP contribution < -0.4 is 4.90 Å². The summed E-state index contributed by atoms with van der Waals surface area (Å²) in [5, 5.41) is 0.610. The number of fused-ring (bicyclic) bond motifs is 1. The van der Waals surface area contributed by atoms with Crippen LogP contribution in [0.3, 0.4) is 0 Å². The van der Waals surface area contributed by atoms with Gasteiger partial charge in [0.15, 0.2) is 0 Å². The molecule has 0 atom stereocenters. The van der Waals surface area contributed by atoms with E-state index in [4.69, 9.17) is 11.6 Å². The predicted octanol–water partition coefficient (Wildman–Crippen LogP) is 4.73. The van der Waals surface area contributed by atoms with Crippen LogP contribution >= 0.6 is 27.5 Å². The Bertz CT molecular complexity index is 676. The molecule has 0 saturated heterocycles. The van der Waals surface area contributed by atoms with Crippen molar-refractivity contribution in [3.8, 4) is 0 Å². The van der Waals surface area contributed by atoms with E-state index in [1.54, 1.807) is 11.0 Å². The Morgan fingerprint density at radius 3 is 2.42 bits per heavy atom. The zero-order chi connectivity index (χ0) is 13.6. The van der Waals surface area contributed by atoms with Crippen molar-refractivity contribution >= 4 is 44.8 Å². The van der Waals surface area contributed by atoms with Crippen molar-refractivity contribution in [2.75, 3.05) is 4.90 Å². The standard InChI is InChI=1S/C15H9BrClNO/c1-9-11-4-2-3-5-12(11)15(19)18(9)10-6-7-14(17)13(16)8-10/h2-8H,1H2. The third-order valence-corrected chi connectivity index (χ3v) is 4.32. The fourth-order valence-electron chi connectivity index (χ4n) is 2.18. The van der Waals surface area contributed by atoms with Gasteiger partial charge in [-0.05, 0) is 40.2 Å². The summed E-state index contributed by atoms with van der Waals surface area (Å²) < 4.78 is 0.753. The van der Waals surface area contributed by atoms with Gasteiger partial charge in [-0.1, -0.05) is 36.4 Å². The number of anilines is 1. The number of benzene rings is 2. The number of halogens is 2. The van der Waals surface area contributed by atoms with Crippen molar-refractivity contribution in [3.05, 3.63) is 69.7 Å². The van der Waals surface area contributed by atoms with Crippen LogP contribution in [-0.2, 0) is 0 Å². The molecule has 0 N–H and O–H groups in total. The van der Waals surface area contributed by atoms with Gasteiger partial charge in [0.25, 0.3) is 5.91 Å². The summed E-state index contributed by atoms with van der Waals surface area (Å²) in [6, 6.07) is 12.8. The SMILES string of the molecule is C=C1c2ccccc2C(=O)N1c1ccc(Cl)c(Br)c1. The quantitative estimate of drug-likeness (QED) is 0.738. The Morgan fingerprint density at radius 1 is 1.11 bits per heavy atom. The van der Waals surface area contributed by atoms with Crippen molar-refractivity contribution in [3.63, 3.8) is 0 Å². The fourth-order valence-corrected chi connectivity index (χ4v) is 2.67. The molecule has 0 unspecified atom stereocenters. The summed E-state index contributed by atoms with van der Waals surface area (Å²) in [6.45, 7) is 4.01. The van der Waals surface area contributed by atoms with Gasteiger partial charge in [0.05, 0.1) is 16.4 Å². The van der Waals surface area contributed by atoms with E-state index in [2.05, 4.69) is 22.5 Å². The van der Waals surface area contributed by atoms with Gasteiger partial charge in [-0.2, -0.15) is 0 Å². The maximum atomic E-state index is 12.4. The Hall–Kier alpha value is -1.58. The topological polar surface area (TPSA) is 20.3 Å². The van der Waals surface area contributed by atoms with E-state index in [9.17, 15) is 4.79 Å². The summed E-state index contributed by atoms with van der Waals surface area (Å²) >= 11 is 9.35. The van der Waals surface area contributed by atoms with Gasteiger partial charge >= 0.3 is 0 Å². The predicted molar refractivity (Wildman–Crippen MR) is 81.4 cm³/mol. The zero-order valence-electron chi connectivity index (χ0n) is 9.86. The first kappa shape index (κ1) is 12.5. The second-order valence-corrected chi connectivity index (χ2v) is 5.49. The van der Waals surface area contributed by atoms with Crippen LogP contribution in [-0.4, -0.2) is 5.91 Å². The van der Waals surface area contributed by atoms with Gasteiger partial charge < -0.3 is 0 Å². The Balaban J connectivity index is 2.11. The lowest BCUT2D eigenvalue weighted by atomic mass is 10.1. The first-order valence-electron chi connectivity index (χ1n) is 5.67. The summed E-state index contributed by atoms with van der Waals surface area (Å²) in [7, 11) is 0. The molecule has 1 aliphatic rings. The fraction of sp³-hybridized carbons (Fsp3) is 0. The van der Waals surface area contributed by atoms with Crippen LogP contribution in [0.4, 0.5) is 5.69 Å². The number of amides is 1. The third kappa shape index (κ3) is 1.90. The van der Waals surface area contributed by atoms with Gasteiger partial charge in [-0.15, -0.1) is 0 Å². The van der Waals surface area contributed by atoms with Crippen molar-refractivity contribution < 1.29 is 4.79 Å². The van der Waals surface area contributed by atoms with E-state index in [-0.39, 0.29) is 5.91 Å². The minimum atomic E-state index is -0.0603. The van der Waals surface area contributed by atoms with E-state index in [1.165, 1.54) is 0 Å². The zero-order valence-corrected chi connectivity index (χ0v) is 12.2. The molecule has 0 spiro atoms. The lowest BCUT2D eigenvalue weighted by Crippen LogP contribution is -2.21. The number of rotatable bonds is 1. The minimum absolute atomic E-state index is 0.0603. The van der Waals surface area contributed by atoms with Crippen LogP contribution in [0.1, 0.15) is 15.9 Å². The van der Waals surface area contributed by atoms with Gasteiger partial charge in [0.2, 0.25) is 0 Å². The van der Waals surface area contributed by atoms with E-state index in [0.29, 0.717) is 16.3 Å². The monoisotopic (exact) mass is 333 g/mol. The Morgan fingerprint density at radius 2 is 1.79 bits per heavy atom. The molecule has 0 saturated carbocycles. The van der Waals surface area contributed by atoms with Crippen molar-refractivity contribution in [2.45, 2.75) is 0 Å². The minimum Gasteiger partial charge on any atom is -0.277 e. The molecule has 2 nitrogen and oxygen atoms in total. The van der Waals surface area contributed by atoms with Gasteiger partial charge in [-0.25, -0.2) is 0 Å². The maximum Gasteiger partial charge on any atom is 0.263 e. The molecule has 94 valence electrons. The van der Waals surface area contributed by atoms with E-state index >= 15 is 0 Å².